The van der Waals surface area contributed by atoms with Gasteiger partial charge < -0.3 is 24.8 Å². The zero-order valence-corrected chi connectivity index (χ0v) is 16.9. The van der Waals surface area contributed by atoms with E-state index >= 15 is 0 Å². The van der Waals surface area contributed by atoms with Gasteiger partial charge in [0.15, 0.2) is 11.6 Å². The maximum absolute atomic E-state index is 13.0. The van der Waals surface area contributed by atoms with Gasteiger partial charge in [-0.05, 0) is 31.3 Å². The number of piperazine rings is 1. The van der Waals surface area contributed by atoms with Gasteiger partial charge >= 0.3 is 6.61 Å². The summed E-state index contributed by atoms with van der Waals surface area (Å²) < 4.78 is 30.7. The number of ether oxygens (including phenoxy) is 1. The number of imidazole rings is 1. The Kier molecular flexibility index (Phi) is 6.08. The van der Waals surface area contributed by atoms with E-state index in [0.717, 1.165) is 31.9 Å². The average molecular weight is 428 g/mol. The van der Waals surface area contributed by atoms with E-state index in [1.54, 1.807) is 30.6 Å². The minimum atomic E-state index is -3.01. The molecule has 2 aromatic heterocycles. The van der Waals surface area contributed by atoms with Crippen LogP contribution >= 0.6 is 0 Å². The van der Waals surface area contributed by atoms with Crippen LogP contribution in [0.15, 0.2) is 48.9 Å². The lowest BCUT2D eigenvalue weighted by molar-refractivity contribution is -0.0493. The predicted octanol–water partition coefficient (Wildman–Crippen LogP) is 3.08. The molecule has 0 atom stereocenters. The number of aromatic nitrogens is 3. The van der Waals surface area contributed by atoms with Crippen molar-refractivity contribution >= 4 is 17.3 Å². The first-order valence-corrected chi connectivity index (χ1v) is 9.79. The molecule has 3 aromatic rings. The van der Waals surface area contributed by atoms with Crippen LogP contribution in [0.3, 0.4) is 0 Å². The number of nitrogens with zero attached hydrogens (tertiary/aromatic N) is 4. The lowest BCUT2D eigenvalue weighted by Gasteiger charge is -2.34. The molecule has 1 saturated heterocycles. The van der Waals surface area contributed by atoms with Gasteiger partial charge in [0.2, 0.25) is 0 Å². The number of likely N-dealkylation sites (N-methyl/N-ethyl adjacent to an activating group) is 1. The molecule has 8 nitrogen and oxygen atoms in total. The summed E-state index contributed by atoms with van der Waals surface area (Å²) >= 11 is 0. The molecular weight excluding hydrogens is 406 g/mol. The lowest BCUT2D eigenvalue weighted by atomic mass is 10.2. The van der Waals surface area contributed by atoms with Crippen LogP contribution in [0.2, 0.25) is 0 Å². The minimum absolute atomic E-state index is 0.0832. The molecule has 0 saturated carbocycles. The van der Waals surface area contributed by atoms with Gasteiger partial charge in [0.1, 0.15) is 5.69 Å². The first-order chi connectivity index (χ1) is 15.0. The minimum Gasteiger partial charge on any atom is -0.433 e. The van der Waals surface area contributed by atoms with E-state index in [2.05, 4.69) is 30.1 Å². The number of halogens is 2. The summed E-state index contributed by atoms with van der Waals surface area (Å²) in [7, 11) is 2.04. The van der Waals surface area contributed by atoms with Crippen LogP contribution < -0.4 is 15.0 Å². The van der Waals surface area contributed by atoms with E-state index in [1.807, 2.05) is 7.05 Å². The number of carbonyl (C=O) groups excluding carboxylic acids is 1. The van der Waals surface area contributed by atoms with Crippen LogP contribution in [-0.2, 0) is 0 Å². The maximum atomic E-state index is 13.0. The van der Waals surface area contributed by atoms with E-state index in [9.17, 15) is 13.6 Å². The van der Waals surface area contributed by atoms with Gasteiger partial charge in [0.25, 0.3) is 5.91 Å². The van der Waals surface area contributed by atoms with E-state index < -0.39 is 12.5 Å². The number of pyridine rings is 1. The number of carbonyl (C=O) groups is 1. The summed E-state index contributed by atoms with van der Waals surface area (Å²) in [6, 6.07) is 8.01. The second kappa shape index (κ2) is 9.09. The highest BCUT2D eigenvalue weighted by molar-refractivity contribution is 6.05. The summed E-state index contributed by atoms with van der Waals surface area (Å²) in [6.45, 7) is 0.309. The van der Waals surface area contributed by atoms with Gasteiger partial charge in [-0.25, -0.2) is 4.98 Å². The van der Waals surface area contributed by atoms with Crippen LogP contribution in [0.4, 0.5) is 20.2 Å². The molecule has 3 heterocycles. The van der Waals surface area contributed by atoms with E-state index in [4.69, 9.17) is 4.74 Å². The fourth-order valence-electron chi connectivity index (χ4n) is 3.37. The Hall–Kier alpha value is -3.53. The number of hydrogen-bond acceptors (Lipinski definition) is 6. The summed E-state index contributed by atoms with van der Waals surface area (Å²) in [4.78, 5) is 28.3. The summed E-state index contributed by atoms with van der Waals surface area (Å²) in [6.07, 6.45) is 4.72. The van der Waals surface area contributed by atoms with Crippen molar-refractivity contribution in [1.82, 2.24) is 19.9 Å². The van der Waals surface area contributed by atoms with Gasteiger partial charge in [-0.3, -0.25) is 9.78 Å². The lowest BCUT2D eigenvalue weighted by Crippen LogP contribution is -2.44. The van der Waals surface area contributed by atoms with Crippen molar-refractivity contribution in [2.75, 3.05) is 43.4 Å². The predicted molar refractivity (Wildman–Crippen MR) is 113 cm³/mol. The molecule has 4 rings (SSSR count). The van der Waals surface area contributed by atoms with Crippen LogP contribution in [-0.4, -0.2) is 65.6 Å². The standard InChI is InChI=1S/C21H22F2N6O2/c1-28-8-10-29(11-9-28)15-2-3-16(18(13-15)31-21(22)23)27-20(30)14-4-5-24-17(12-14)19-25-6-7-26-19/h2-7,12-13,21H,8-11H2,1H3,(H,25,26)(H,27,30). The van der Waals surface area contributed by atoms with Gasteiger partial charge in [0.05, 0.1) is 5.69 Å². The molecule has 162 valence electrons. The topological polar surface area (TPSA) is 86.4 Å². The third-order valence-electron chi connectivity index (χ3n) is 5.06. The van der Waals surface area contributed by atoms with Crippen molar-refractivity contribution in [2.45, 2.75) is 6.61 Å². The Morgan fingerprint density at radius 2 is 1.94 bits per heavy atom. The number of alkyl halides is 2. The molecule has 1 fully saturated rings. The molecule has 10 heteroatoms. The Labute approximate surface area is 177 Å². The molecular formula is C21H22F2N6O2. The van der Waals surface area contributed by atoms with Crippen LogP contribution in [0.5, 0.6) is 5.75 Å². The zero-order chi connectivity index (χ0) is 21.8. The average Bonchev–Trinajstić information content (AvgIpc) is 3.30. The third kappa shape index (κ3) is 4.97. The van der Waals surface area contributed by atoms with Gasteiger partial charge in [-0.15, -0.1) is 0 Å². The molecule has 2 N–H and O–H groups in total. The quantitative estimate of drug-likeness (QED) is 0.628. The fourth-order valence-corrected chi connectivity index (χ4v) is 3.37. The molecule has 0 aliphatic carbocycles. The number of hydrogen-bond donors (Lipinski definition) is 2. The highest BCUT2D eigenvalue weighted by Crippen LogP contribution is 2.32. The molecule has 0 bridgehead atoms. The maximum Gasteiger partial charge on any atom is 0.387 e. The van der Waals surface area contributed by atoms with Gasteiger partial charge in [-0.2, -0.15) is 8.78 Å². The fraction of sp³-hybridized carbons (Fsp3) is 0.286. The molecule has 0 spiro atoms. The van der Waals surface area contributed by atoms with Crippen LogP contribution in [0.25, 0.3) is 11.5 Å². The molecule has 0 unspecified atom stereocenters. The second-order valence-corrected chi connectivity index (χ2v) is 7.17. The number of rotatable bonds is 6. The highest BCUT2D eigenvalue weighted by atomic mass is 19.3. The summed E-state index contributed by atoms with van der Waals surface area (Å²) in [5.74, 6) is -0.0327. The Morgan fingerprint density at radius 1 is 1.13 bits per heavy atom. The molecule has 0 radical (unpaired) electrons. The molecule has 1 amide bonds. The van der Waals surface area contributed by atoms with Crippen LogP contribution in [0.1, 0.15) is 10.4 Å². The van der Waals surface area contributed by atoms with Crippen molar-refractivity contribution in [1.29, 1.82) is 0 Å². The van der Waals surface area contributed by atoms with Crippen molar-refractivity contribution in [3.63, 3.8) is 0 Å². The highest BCUT2D eigenvalue weighted by Gasteiger charge is 2.19. The van der Waals surface area contributed by atoms with Crippen molar-refractivity contribution < 1.29 is 18.3 Å². The molecule has 1 aliphatic rings. The second-order valence-electron chi connectivity index (χ2n) is 7.17. The third-order valence-corrected chi connectivity index (χ3v) is 5.06. The smallest absolute Gasteiger partial charge is 0.387 e. The Balaban J connectivity index is 1.55. The first-order valence-electron chi connectivity index (χ1n) is 9.79. The van der Waals surface area contributed by atoms with E-state index in [-0.39, 0.29) is 11.4 Å². The SMILES string of the molecule is CN1CCN(c2ccc(NC(=O)c3ccnc(-c4ncc[nH]4)c3)c(OC(F)F)c2)CC1. The van der Waals surface area contributed by atoms with E-state index in [0.29, 0.717) is 17.1 Å². The molecule has 1 aliphatic heterocycles. The largest absolute Gasteiger partial charge is 0.433 e. The number of nitrogens with one attached hydrogen (secondary N) is 2. The van der Waals surface area contributed by atoms with Crippen LogP contribution in [0, 0.1) is 0 Å². The normalized spacial score (nSPS) is 14.6. The number of amides is 1. The number of H-pyrrole nitrogens is 1. The summed E-state index contributed by atoms with van der Waals surface area (Å²) in [5.41, 5.74) is 1.74. The van der Waals surface area contributed by atoms with Gasteiger partial charge in [0, 0.05) is 62.1 Å². The first kappa shape index (κ1) is 20.7. The van der Waals surface area contributed by atoms with Crippen molar-refractivity contribution in [3.8, 4) is 17.3 Å². The number of aromatic amines is 1. The summed E-state index contributed by atoms with van der Waals surface area (Å²) in [5, 5.41) is 2.66. The number of anilines is 2. The Morgan fingerprint density at radius 3 is 2.65 bits per heavy atom. The monoisotopic (exact) mass is 428 g/mol. The molecule has 1 aromatic carbocycles. The Bertz CT molecular complexity index is 1040. The number of benzene rings is 1. The van der Waals surface area contributed by atoms with Gasteiger partial charge in [-0.1, -0.05) is 0 Å². The van der Waals surface area contributed by atoms with Crippen molar-refractivity contribution in [3.05, 3.63) is 54.5 Å². The van der Waals surface area contributed by atoms with Crippen molar-refractivity contribution in [2.24, 2.45) is 0 Å². The van der Waals surface area contributed by atoms with E-state index in [1.165, 1.54) is 18.3 Å². The molecule has 31 heavy (non-hydrogen) atoms. The zero-order valence-electron chi connectivity index (χ0n) is 16.9.